The zero-order valence-electron chi connectivity index (χ0n) is 10.9. The fraction of sp³-hybridized carbons (Fsp3) is 0. The third-order valence-electron chi connectivity index (χ3n) is 2.65. The first-order chi connectivity index (χ1) is 10.1. The van der Waals surface area contributed by atoms with Gasteiger partial charge in [0.25, 0.3) is 0 Å². The Bertz CT molecular complexity index is 689. The fourth-order valence-corrected chi connectivity index (χ4v) is 1.69. The van der Waals surface area contributed by atoms with Crippen LogP contribution in [0.15, 0.2) is 54.9 Å². The van der Waals surface area contributed by atoms with Gasteiger partial charge in [0.15, 0.2) is 6.20 Å². The molecule has 6 heteroatoms. The monoisotopic (exact) mass is 284 g/mol. The molecule has 0 spiro atoms. The molecule has 0 aliphatic rings. The maximum atomic E-state index is 10.7. The van der Waals surface area contributed by atoms with Gasteiger partial charge in [0.05, 0.1) is 11.8 Å². The summed E-state index contributed by atoms with van der Waals surface area (Å²) in [6.07, 6.45) is 3.57. The van der Waals surface area contributed by atoms with Crippen LogP contribution in [0.5, 0.6) is 11.5 Å². The van der Waals surface area contributed by atoms with Crippen molar-refractivity contribution in [3.05, 3.63) is 60.4 Å². The number of hydrogen-bond acceptors (Lipinski definition) is 4. The molecule has 6 nitrogen and oxygen atoms in total. The van der Waals surface area contributed by atoms with Crippen LogP contribution in [0.4, 0.5) is 0 Å². The summed E-state index contributed by atoms with van der Waals surface area (Å²) >= 11 is 0. The first kappa shape index (κ1) is 14.3. The Hall–Kier alpha value is -3.15. The highest BCUT2D eigenvalue weighted by Gasteiger charge is 2.08. The average Bonchev–Trinajstić information content (AvgIpc) is 2.47. The first-order valence-electron chi connectivity index (χ1n) is 6.03. The van der Waals surface area contributed by atoms with Crippen LogP contribution in [-0.2, 0) is 0 Å². The zero-order valence-corrected chi connectivity index (χ0v) is 10.9. The molecule has 3 aromatic rings. The zero-order chi connectivity index (χ0) is 15.2. The van der Waals surface area contributed by atoms with Crippen molar-refractivity contribution in [2.45, 2.75) is 0 Å². The molecule has 0 aliphatic carbocycles. The molecule has 2 aromatic carbocycles. The highest BCUT2D eigenvalue weighted by atomic mass is 16.4. The largest absolute Gasteiger partial charge is 0.872 e. The van der Waals surface area contributed by atoms with Crippen LogP contribution in [0.1, 0.15) is 10.4 Å². The number of aromatic nitrogens is 2. The molecule has 0 saturated carbocycles. The van der Waals surface area contributed by atoms with Gasteiger partial charge in [0.1, 0.15) is 11.3 Å². The van der Waals surface area contributed by atoms with E-state index in [9.17, 15) is 9.90 Å². The number of H-pyrrole nitrogens is 1. The van der Waals surface area contributed by atoms with Crippen molar-refractivity contribution in [2.24, 2.45) is 0 Å². The molecule has 0 bridgehead atoms. The Labute approximate surface area is 120 Å². The number of fused-ring (bicyclic) bond motifs is 1. The smallest absolute Gasteiger partial charge is 0.338 e. The van der Waals surface area contributed by atoms with Gasteiger partial charge in [0.2, 0.25) is 5.52 Å². The standard InChI is InChI=1S/C8H6N2.C7H6O4/c1-2-4-8-7(3-1)9-5-6-10-8;8-4-2-1-3-5(9)6(4)7(10)11/h1-6H;1-3,8-9H,(H,10,11). The summed E-state index contributed by atoms with van der Waals surface area (Å²) in [5.41, 5.74) is 1.50. The lowest BCUT2D eigenvalue weighted by molar-refractivity contribution is -0.345. The van der Waals surface area contributed by atoms with E-state index in [4.69, 9.17) is 10.2 Å². The molecule has 0 saturated heterocycles. The van der Waals surface area contributed by atoms with Crippen molar-refractivity contribution in [2.75, 3.05) is 0 Å². The lowest BCUT2D eigenvalue weighted by Crippen LogP contribution is -2.03. The van der Waals surface area contributed by atoms with Gasteiger partial charge in [-0.15, -0.1) is 0 Å². The molecule has 0 atom stereocenters. The first-order valence-corrected chi connectivity index (χ1v) is 6.03. The summed E-state index contributed by atoms with van der Waals surface area (Å²) in [5.74, 6) is -2.59. The number of para-hydroxylation sites is 2. The number of rotatable bonds is 1. The fourth-order valence-electron chi connectivity index (χ4n) is 1.69. The highest BCUT2D eigenvalue weighted by Crippen LogP contribution is 2.23. The van der Waals surface area contributed by atoms with E-state index in [2.05, 4.69) is 9.97 Å². The second-order valence-electron chi connectivity index (χ2n) is 4.06. The summed E-state index contributed by atoms with van der Waals surface area (Å²) in [7, 11) is 0. The Kier molecular flexibility index (Phi) is 4.30. The Morgan fingerprint density at radius 1 is 1.14 bits per heavy atom. The van der Waals surface area contributed by atoms with Crippen LogP contribution < -0.4 is 10.1 Å². The van der Waals surface area contributed by atoms with Crippen LogP contribution in [0.25, 0.3) is 11.0 Å². The quantitative estimate of drug-likeness (QED) is 0.698. The van der Waals surface area contributed by atoms with Crippen molar-refractivity contribution in [1.82, 2.24) is 4.98 Å². The van der Waals surface area contributed by atoms with Gasteiger partial charge >= 0.3 is 5.97 Å². The van der Waals surface area contributed by atoms with Crippen molar-refractivity contribution in [3.8, 4) is 11.5 Å². The molecule has 1 heterocycles. The minimum absolute atomic E-state index is 0.495. The van der Waals surface area contributed by atoms with Crippen molar-refractivity contribution >= 4 is 17.0 Å². The van der Waals surface area contributed by atoms with Gasteiger partial charge in [-0.05, 0) is 12.1 Å². The SMILES string of the molecule is O=C(O)c1c([O-])cccc1O.c1ccc2[nH+]ccnc2c1. The van der Waals surface area contributed by atoms with Crippen LogP contribution in [0, 0.1) is 0 Å². The van der Waals surface area contributed by atoms with Crippen LogP contribution in [0.2, 0.25) is 0 Å². The Balaban J connectivity index is 0.000000154. The molecule has 21 heavy (non-hydrogen) atoms. The van der Waals surface area contributed by atoms with Crippen molar-refractivity contribution in [1.29, 1.82) is 0 Å². The summed E-state index contributed by atoms with van der Waals surface area (Å²) < 4.78 is 0. The molecule has 0 amide bonds. The maximum absolute atomic E-state index is 10.7. The van der Waals surface area contributed by atoms with Gasteiger partial charge in [-0.25, -0.2) is 14.8 Å². The number of benzene rings is 2. The van der Waals surface area contributed by atoms with E-state index < -0.39 is 23.0 Å². The number of carboxylic acid groups (broad SMARTS) is 1. The lowest BCUT2D eigenvalue weighted by Gasteiger charge is -2.09. The third-order valence-corrected chi connectivity index (χ3v) is 2.65. The predicted octanol–water partition coefficient (Wildman–Crippen LogP) is 1.21. The third kappa shape index (κ3) is 3.44. The van der Waals surface area contributed by atoms with Gasteiger partial charge in [-0.2, -0.15) is 0 Å². The topological polar surface area (TPSA) is 108 Å². The minimum Gasteiger partial charge on any atom is -0.872 e. The number of carbonyl (C=O) groups is 1. The number of phenols is 1. The molecule has 1 aromatic heterocycles. The molecular formula is C15H12N2O4. The van der Waals surface area contributed by atoms with Crippen LogP contribution in [0.3, 0.4) is 0 Å². The van der Waals surface area contributed by atoms with Crippen LogP contribution in [-0.4, -0.2) is 21.2 Å². The molecule has 0 unspecified atom stereocenters. The maximum Gasteiger partial charge on any atom is 0.338 e. The van der Waals surface area contributed by atoms with Crippen molar-refractivity contribution in [3.63, 3.8) is 0 Å². The number of carboxylic acids is 1. The second-order valence-corrected chi connectivity index (χ2v) is 4.06. The number of nitrogens with zero attached hydrogens (tertiary/aromatic N) is 1. The van der Waals surface area contributed by atoms with E-state index >= 15 is 0 Å². The van der Waals surface area contributed by atoms with E-state index in [1.807, 2.05) is 30.5 Å². The van der Waals surface area contributed by atoms with E-state index in [-0.39, 0.29) is 0 Å². The van der Waals surface area contributed by atoms with Gasteiger partial charge in [-0.1, -0.05) is 30.0 Å². The lowest BCUT2D eigenvalue weighted by atomic mass is 10.2. The van der Waals surface area contributed by atoms with Gasteiger partial charge < -0.3 is 15.3 Å². The average molecular weight is 284 g/mol. The summed E-state index contributed by atoms with van der Waals surface area (Å²) in [5, 5.41) is 28.0. The number of aromatic hydroxyl groups is 1. The van der Waals surface area contributed by atoms with Gasteiger partial charge in [-0.3, -0.25) is 0 Å². The molecule has 106 valence electrons. The summed E-state index contributed by atoms with van der Waals surface area (Å²) in [6, 6.07) is 11.5. The summed E-state index contributed by atoms with van der Waals surface area (Å²) in [6.45, 7) is 0. The molecule has 0 fully saturated rings. The molecule has 0 radical (unpaired) electrons. The Morgan fingerprint density at radius 3 is 2.52 bits per heavy atom. The number of aromatic amines is 1. The van der Waals surface area contributed by atoms with E-state index in [1.165, 1.54) is 6.07 Å². The molecular weight excluding hydrogens is 272 g/mol. The number of hydrogen-bond donors (Lipinski definition) is 2. The summed E-state index contributed by atoms with van der Waals surface area (Å²) in [4.78, 5) is 17.5. The molecule has 0 aliphatic heterocycles. The number of aromatic carboxylic acids is 1. The van der Waals surface area contributed by atoms with Crippen LogP contribution >= 0.6 is 0 Å². The second kappa shape index (κ2) is 6.33. The van der Waals surface area contributed by atoms with E-state index in [1.54, 1.807) is 6.20 Å². The normalized spacial score (nSPS) is 9.71. The molecule has 3 rings (SSSR count). The van der Waals surface area contributed by atoms with Gasteiger partial charge in [0, 0.05) is 6.07 Å². The predicted molar refractivity (Wildman–Crippen MR) is 72.8 cm³/mol. The van der Waals surface area contributed by atoms with E-state index in [0.29, 0.717) is 0 Å². The number of nitrogens with one attached hydrogen (secondary N) is 1. The minimum atomic E-state index is -1.41. The molecule has 3 N–H and O–H groups in total. The van der Waals surface area contributed by atoms with Crippen molar-refractivity contribution < 1.29 is 25.1 Å². The van der Waals surface area contributed by atoms with E-state index in [0.717, 1.165) is 23.2 Å². The highest BCUT2D eigenvalue weighted by molar-refractivity contribution is 5.93. The Morgan fingerprint density at radius 2 is 1.90 bits per heavy atom.